The van der Waals surface area contributed by atoms with Crippen molar-refractivity contribution in [1.82, 2.24) is 20.4 Å². The van der Waals surface area contributed by atoms with Crippen LogP contribution in [-0.4, -0.2) is 59.9 Å². The van der Waals surface area contributed by atoms with Crippen LogP contribution in [0.5, 0.6) is 0 Å². The Labute approximate surface area is 159 Å². The number of amides is 4. The third-order valence-electron chi connectivity index (χ3n) is 6.06. The van der Waals surface area contributed by atoms with Crippen molar-refractivity contribution in [2.45, 2.75) is 44.2 Å². The van der Waals surface area contributed by atoms with Crippen LogP contribution in [0, 0.1) is 0 Å². The Morgan fingerprint density at radius 2 is 1.81 bits per heavy atom. The Balaban J connectivity index is 1.47. The number of hydrogen-bond donors (Lipinski definition) is 2. The van der Waals surface area contributed by atoms with Crippen LogP contribution in [0.3, 0.4) is 0 Å². The van der Waals surface area contributed by atoms with Crippen LogP contribution >= 0.6 is 0 Å². The number of benzene rings is 1. The summed E-state index contributed by atoms with van der Waals surface area (Å²) < 4.78 is 0. The smallest absolute Gasteiger partial charge is 0.322 e. The van der Waals surface area contributed by atoms with Gasteiger partial charge in [-0.1, -0.05) is 12.1 Å². The van der Waals surface area contributed by atoms with Crippen molar-refractivity contribution in [3.8, 4) is 0 Å². The lowest BCUT2D eigenvalue weighted by molar-refractivity contribution is -0.123. The summed E-state index contributed by atoms with van der Waals surface area (Å²) in [5.41, 5.74) is 0.197. The first-order chi connectivity index (χ1) is 13.0. The Bertz CT molecular complexity index is 757. The third-order valence-corrected chi connectivity index (χ3v) is 6.06. The summed E-state index contributed by atoms with van der Waals surface area (Å²) in [5, 5.41) is 4.91. The lowest BCUT2D eigenvalue weighted by Crippen LogP contribution is -2.42. The summed E-state index contributed by atoms with van der Waals surface area (Å²) in [6.45, 7) is 5.71. The molecule has 144 valence electrons. The summed E-state index contributed by atoms with van der Waals surface area (Å²) in [4.78, 5) is 41.0. The molecule has 4 amide bonds. The number of likely N-dealkylation sites (tertiary alicyclic amines) is 2. The first-order valence-electron chi connectivity index (χ1n) is 9.75. The number of carbonyl (C=O) groups is 3. The van der Waals surface area contributed by atoms with Gasteiger partial charge in [0.25, 0.3) is 11.8 Å². The van der Waals surface area contributed by atoms with Crippen LogP contribution in [0.4, 0.5) is 4.79 Å². The van der Waals surface area contributed by atoms with Gasteiger partial charge in [-0.05, 0) is 63.4 Å². The molecule has 0 bridgehead atoms. The molecule has 1 aromatic rings. The van der Waals surface area contributed by atoms with Gasteiger partial charge in [-0.25, -0.2) is 4.79 Å². The SMILES string of the molecule is CC1(c2ccc(C(=O)N3CCCC3CN3CCCC3)cc2)NC(=O)NC1=O. The average molecular weight is 370 g/mol. The molecule has 27 heavy (non-hydrogen) atoms. The lowest BCUT2D eigenvalue weighted by atomic mass is 9.91. The average Bonchev–Trinajstić information content (AvgIpc) is 3.38. The van der Waals surface area contributed by atoms with E-state index in [1.54, 1.807) is 31.2 Å². The van der Waals surface area contributed by atoms with Crippen molar-refractivity contribution in [2.24, 2.45) is 0 Å². The van der Waals surface area contributed by atoms with Gasteiger partial charge >= 0.3 is 6.03 Å². The molecule has 7 heteroatoms. The maximum Gasteiger partial charge on any atom is 0.322 e. The zero-order valence-corrected chi connectivity index (χ0v) is 15.7. The Morgan fingerprint density at radius 1 is 1.11 bits per heavy atom. The van der Waals surface area contributed by atoms with Crippen LogP contribution in [0.25, 0.3) is 0 Å². The fourth-order valence-electron chi connectivity index (χ4n) is 4.41. The van der Waals surface area contributed by atoms with Gasteiger partial charge < -0.3 is 15.1 Å². The Kier molecular flexibility index (Phi) is 4.63. The number of imide groups is 1. The molecule has 0 saturated carbocycles. The van der Waals surface area contributed by atoms with Crippen molar-refractivity contribution in [1.29, 1.82) is 0 Å². The van der Waals surface area contributed by atoms with Crippen molar-refractivity contribution in [2.75, 3.05) is 26.2 Å². The second kappa shape index (κ2) is 6.96. The number of nitrogens with one attached hydrogen (secondary N) is 2. The predicted molar refractivity (Wildman–Crippen MR) is 100 cm³/mol. The minimum absolute atomic E-state index is 0.0494. The molecule has 2 unspecified atom stereocenters. The molecule has 3 heterocycles. The number of nitrogens with zero attached hydrogens (tertiary/aromatic N) is 2. The third kappa shape index (κ3) is 3.32. The molecule has 3 fully saturated rings. The first kappa shape index (κ1) is 18.0. The van der Waals surface area contributed by atoms with Gasteiger partial charge in [0.15, 0.2) is 0 Å². The van der Waals surface area contributed by atoms with E-state index in [1.165, 1.54) is 12.8 Å². The molecule has 0 aliphatic carbocycles. The zero-order valence-electron chi connectivity index (χ0n) is 15.7. The van der Waals surface area contributed by atoms with Crippen LogP contribution in [0.1, 0.15) is 48.5 Å². The second-order valence-electron chi connectivity index (χ2n) is 7.91. The lowest BCUT2D eigenvalue weighted by Gasteiger charge is -2.29. The molecule has 7 nitrogen and oxygen atoms in total. The molecule has 3 saturated heterocycles. The van der Waals surface area contributed by atoms with E-state index in [2.05, 4.69) is 15.5 Å². The van der Waals surface area contributed by atoms with Crippen molar-refractivity contribution in [3.63, 3.8) is 0 Å². The molecule has 3 aliphatic rings. The molecule has 0 aromatic heterocycles. The van der Waals surface area contributed by atoms with Gasteiger partial charge in [0.05, 0.1) is 0 Å². The molecule has 2 N–H and O–H groups in total. The predicted octanol–water partition coefficient (Wildman–Crippen LogP) is 1.44. The highest BCUT2D eigenvalue weighted by Crippen LogP contribution is 2.26. The first-order valence-corrected chi connectivity index (χ1v) is 9.75. The highest BCUT2D eigenvalue weighted by atomic mass is 16.2. The second-order valence-corrected chi connectivity index (χ2v) is 7.91. The van der Waals surface area contributed by atoms with Crippen LogP contribution < -0.4 is 10.6 Å². The van der Waals surface area contributed by atoms with E-state index in [9.17, 15) is 14.4 Å². The standard InChI is InChI=1S/C20H26N4O3/c1-20(18(26)21-19(27)22-20)15-8-6-14(7-9-15)17(25)24-12-4-5-16(24)13-23-10-2-3-11-23/h6-9,16H,2-5,10-13H2,1H3,(H2,21,22,26,27). The van der Waals surface area contributed by atoms with Gasteiger partial charge in [-0.3, -0.25) is 14.9 Å². The van der Waals surface area contributed by atoms with Crippen LogP contribution in [-0.2, 0) is 10.3 Å². The van der Waals surface area contributed by atoms with E-state index in [1.807, 2.05) is 4.90 Å². The molecule has 0 spiro atoms. The topological polar surface area (TPSA) is 81.8 Å². The van der Waals surface area contributed by atoms with Crippen LogP contribution in [0.2, 0.25) is 0 Å². The summed E-state index contributed by atoms with van der Waals surface area (Å²) >= 11 is 0. The van der Waals surface area contributed by atoms with E-state index in [0.717, 1.165) is 39.0 Å². The Hall–Kier alpha value is -2.41. The van der Waals surface area contributed by atoms with Crippen molar-refractivity contribution >= 4 is 17.8 Å². The number of urea groups is 1. The molecule has 4 rings (SSSR count). The van der Waals surface area contributed by atoms with Gasteiger partial charge in [0.2, 0.25) is 0 Å². The van der Waals surface area contributed by atoms with E-state index in [4.69, 9.17) is 0 Å². The van der Waals surface area contributed by atoms with Gasteiger partial charge in [-0.2, -0.15) is 0 Å². The summed E-state index contributed by atoms with van der Waals surface area (Å²) in [6.07, 6.45) is 4.62. The van der Waals surface area contributed by atoms with Crippen LogP contribution in [0.15, 0.2) is 24.3 Å². The van der Waals surface area contributed by atoms with Crippen molar-refractivity contribution < 1.29 is 14.4 Å². The summed E-state index contributed by atoms with van der Waals surface area (Å²) in [7, 11) is 0. The number of rotatable bonds is 4. The van der Waals surface area contributed by atoms with E-state index >= 15 is 0 Å². The zero-order chi connectivity index (χ0) is 19.0. The maximum absolute atomic E-state index is 13.0. The molecule has 3 aliphatic heterocycles. The molecular formula is C20H26N4O3. The van der Waals surface area contributed by atoms with Gasteiger partial charge in [0.1, 0.15) is 5.54 Å². The fourth-order valence-corrected chi connectivity index (χ4v) is 4.41. The largest absolute Gasteiger partial charge is 0.334 e. The highest BCUT2D eigenvalue weighted by Gasteiger charge is 2.43. The number of carbonyl (C=O) groups excluding carboxylic acids is 3. The normalized spacial score (nSPS) is 28.5. The summed E-state index contributed by atoms with van der Waals surface area (Å²) in [6, 6.07) is 6.81. The monoisotopic (exact) mass is 370 g/mol. The summed E-state index contributed by atoms with van der Waals surface area (Å²) in [5.74, 6) is -0.329. The highest BCUT2D eigenvalue weighted by molar-refractivity contribution is 6.07. The fraction of sp³-hybridized carbons (Fsp3) is 0.550. The minimum atomic E-state index is -1.09. The van der Waals surface area contributed by atoms with Crippen molar-refractivity contribution in [3.05, 3.63) is 35.4 Å². The van der Waals surface area contributed by atoms with E-state index in [0.29, 0.717) is 11.1 Å². The molecule has 2 atom stereocenters. The molecule has 0 radical (unpaired) electrons. The maximum atomic E-state index is 13.0. The molecule has 1 aromatic carbocycles. The number of hydrogen-bond acceptors (Lipinski definition) is 4. The Morgan fingerprint density at radius 3 is 2.44 bits per heavy atom. The van der Waals surface area contributed by atoms with Gasteiger partial charge in [-0.15, -0.1) is 0 Å². The molecular weight excluding hydrogens is 344 g/mol. The minimum Gasteiger partial charge on any atom is -0.334 e. The van der Waals surface area contributed by atoms with E-state index < -0.39 is 11.6 Å². The van der Waals surface area contributed by atoms with Gasteiger partial charge in [0, 0.05) is 24.7 Å². The van der Waals surface area contributed by atoms with E-state index in [-0.39, 0.29) is 17.9 Å². The quantitative estimate of drug-likeness (QED) is 0.786.